The Morgan fingerprint density at radius 2 is 1.92 bits per heavy atom. The highest BCUT2D eigenvalue weighted by Gasteiger charge is 2.29. The van der Waals surface area contributed by atoms with Crippen molar-refractivity contribution in [3.05, 3.63) is 23.8 Å². The zero-order chi connectivity index (χ0) is 17.1. The van der Waals surface area contributed by atoms with Crippen molar-refractivity contribution < 1.29 is 14.3 Å². The van der Waals surface area contributed by atoms with Gasteiger partial charge in [-0.1, -0.05) is 6.07 Å². The van der Waals surface area contributed by atoms with E-state index in [4.69, 9.17) is 9.47 Å². The molecule has 1 aliphatic carbocycles. The van der Waals surface area contributed by atoms with Gasteiger partial charge >= 0.3 is 0 Å². The number of carbonyl (C=O) groups excluding carboxylic acids is 1. The predicted molar refractivity (Wildman–Crippen MR) is 95.8 cm³/mol. The Bertz CT molecular complexity index is 615. The largest absolute Gasteiger partial charge is 0.490 e. The van der Waals surface area contributed by atoms with Crippen molar-refractivity contribution in [2.75, 3.05) is 26.3 Å². The molecule has 1 atom stereocenters. The third kappa shape index (κ3) is 4.46. The summed E-state index contributed by atoms with van der Waals surface area (Å²) < 4.78 is 11.5. The first-order chi connectivity index (χ1) is 12.3. The number of fused-ring (bicyclic) bond motifs is 1. The van der Waals surface area contributed by atoms with Gasteiger partial charge in [0.2, 0.25) is 5.91 Å². The Labute approximate surface area is 149 Å². The molecule has 1 saturated carbocycles. The van der Waals surface area contributed by atoms with Crippen LogP contribution in [-0.4, -0.2) is 43.2 Å². The van der Waals surface area contributed by atoms with Crippen LogP contribution in [0.5, 0.6) is 11.5 Å². The number of hydrogen-bond acceptors (Lipinski definition) is 4. The second-order valence-corrected chi connectivity index (χ2v) is 7.52. The van der Waals surface area contributed by atoms with Crippen LogP contribution in [0.4, 0.5) is 0 Å². The fraction of sp³-hybridized carbons (Fsp3) is 0.650. The molecule has 3 aliphatic rings. The number of amides is 1. The molecule has 1 aromatic rings. The third-order valence-electron chi connectivity index (χ3n) is 5.39. The second kappa shape index (κ2) is 7.65. The molecule has 1 amide bonds. The molecule has 2 heterocycles. The van der Waals surface area contributed by atoms with Gasteiger partial charge in [-0.05, 0) is 49.3 Å². The van der Waals surface area contributed by atoms with Gasteiger partial charge in [-0.15, -0.1) is 0 Å². The summed E-state index contributed by atoms with van der Waals surface area (Å²) in [7, 11) is 0. The molecule has 25 heavy (non-hydrogen) atoms. The predicted octanol–water partition coefficient (Wildman–Crippen LogP) is 2.73. The Balaban J connectivity index is 1.30. The van der Waals surface area contributed by atoms with E-state index in [0.29, 0.717) is 25.0 Å². The maximum Gasteiger partial charge on any atom is 0.222 e. The number of nitrogens with one attached hydrogen (secondary N) is 1. The van der Waals surface area contributed by atoms with Gasteiger partial charge in [0.1, 0.15) is 0 Å². The Kier molecular flexibility index (Phi) is 5.11. The smallest absolute Gasteiger partial charge is 0.222 e. The Hall–Kier alpha value is -1.75. The molecule has 136 valence electrons. The normalized spacial score (nSPS) is 23.9. The minimum absolute atomic E-state index is 0.340. The van der Waals surface area contributed by atoms with E-state index in [1.165, 1.54) is 18.4 Å². The lowest BCUT2D eigenvalue weighted by Crippen LogP contribution is -2.33. The van der Waals surface area contributed by atoms with E-state index in [1.807, 2.05) is 6.07 Å². The highest BCUT2D eigenvalue weighted by Crippen LogP contribution is 2.31. The van der Waals surface area contributed by atoms with Crippen LogP contribution >= 0.6 is 0 Å². The topological polar surface area (TPSA) is 50.8 Å². The summed E-state index contributed by atoms with van der Waals surface area (Å²) in [6.07, 6.45) is 6.18. The second-order valence-electron chi connectivity index (χ2n) is 7.52. The quantitative estimate of drug-likeness (QED) is 0.892. The van der Waals surface area contributed by atoms with E-state index in [9.17, 15) is 4.79 Å². The number of ether oxygens (including phenoxy) is 2. The van der Waals surface area contributed by atoms with E-state index in [1.54, 1.807) is 0 Å². The van der Waals surface area contributed by atoms with Crippen molar-refractivity contribution in [2.24, 2.45) is 5.92 Å². The van der Waals surface area contributed by atoms with Crippen LogP contribution < -0.4 is 14.8 Å². The lowest BCUT2D eigenvalue weighted by atomic mass is 10.1. The van der Waals surface area contributed by atoms with E-state index in [2.05, 4.69) is 22.3 Å². The minimum atomic E-state index is 0.340. The van der Waals surface area contributed by atoms with Gasteiger partial charge in [0.05, 0.1) is 13.2 Å². The highest BCUT2D eigenvalue weighted by molar-refractivity contribution is 5.76. The molecule has 2 aliphatic heterocycles. The lowest BCUT2D eigenvalue weighted by molar-refractivity contribution is -0.130. The summed E-state index contributed by atoms with van der Waals surface area (Å²) in [6, 6.07) is 6.59. The van der Waals surface area contributed by atoms with Gasteiger partial charge in [0.15, 0.2) is 11.5 Å². The third-order valence-corrected chi connectivity index (χ3v) is 5.39. The number of carbonyl (C=O) groups is 1. The number of benzene rings is 1. The fourth-order valence-corrected chi connectivity index (χ4v) is 3.63. The molecule has 0 radical (unpaired) electrons. The molecule has 0 aromatic heterocycles. The monoisotopic (exact) mass is 344 g/mol. The molecule has 1 N–H and O–H groups in total. The van der Waals surface area contributed by atoms with E-state index in [0.717, 1.165) is 62.9 Å². The first-order valence-electron chi connectivity index (χ1n) is 9.67. The van der Waals surface area contributed by atoms with Crippen molar-refractivity contribution in [1.82, 2.24) is 10.2 Å². The zero-order valence-corrected chi connectivity index (χ0v) is 14.8. The molecule has 4 rings (SSSR count). The Morgan fingerprint density at radius 1 is 1.08 bits per heavy atom. The molecule has 1 unspecified atom stereocenters. The maximum absolute atomic E-state index is 12.3. The van der Waals surface area contributed by atoms with E-state index in [-0.39, 0.29) is 0 Å². The van der Waals surface area contributed by atoms with Crippen LogP contribution in [0.25, 0.3) is 0 Å². The summed E-state index contributed by atoms with van der Waals surface area (Å²) in [5.74, 6) is 2.81. The van der Waals surface area contributed by atoms with Crippen LogP contribution in [-0.2, 0) is 11.3 Å². The number of nitrogens with zero attached hydrogens (tertiary/aromatic N) is 1. The number of rotatable bonds is 5. The summed E-state index contributed by atoms with van der Waals surface area (Å²) >= 11 is 0. The van der Waals surface area contributed by atoms with Crippen LogP contribution in [0.15, 0.2) is 18.2 Å². The van der Waals surface area contributed by atoms with Gasteiger partial charge in [-0.2, -0.15) is 0 Å². The van der Waals surface area contributed by atoms with Crippen molar-refractivity contribution in [3.8, 4) is 11.5 Å². The molecule has 5 heteroatoms. The van der Waals surface area contributed by atoms with Gasteiger partial charge in [0.25, 0.3) is 0 Å². The standard InChI is InChI=1S/C20H28N2O3/c23-20-7-5-17(8-9-22(20)14-15-2-3-15)21-13-16-4-6-18-19(12-16)25-11-1-10-24-18/h4,6,12,15,17,21H,1-3,5,7-11,13-14H2. The van der Waals surface area contributed by atoms with Crippen LogP contribution in [0, 0.1) is 5.92 Å². The van der Waals surface area contributed by atoms with Crippen molar-refractivity contribution in [1.29, 1.82) is 0 Å². The zero-order valence-electron chi connectivity index (χ0n) is 14.8. The summed E-state index contributed by atoms with van der Waals surface area (Å²) in [6.45, 7) is 4.11. The van der Waals surface area contributed by atoms with E-state index < -0.39 is 0 Å². The van der Waals surface area contributed by atoms with Gasteiger partial charge in [0, 0.05) is 38.5 Å². The van der Waals surface area contributed by atoms with Crippen molar-refractivity contribution in [3.63, 3.8) is 0 Å². The SMILES string of the molecule is O=C1CCC(NCc2ccc3c(c2)OCCCO3)CCN1CC1CC1. The average molecular weight is 344 g/mol. The van der Waals surface area contributed by atoms with Crippen molar-refractivity contribution in [2.45, 2.75) is 51.1 Å². The molecule has 2 fully saturated rings. The molecule has 1 saturated heterocycles. The van der Waals surface area contributed by atoms with Crippen LogP contribution in [0.2, 0.25) is 0 Å². The average Bonchev–Trinajstić information content (AvgIpc) is 3.46. The maximum atomic E-state index is 12.3. The molecule has 1 aromatic carbocycles. The fourth-order valence-electron chi connectivity index (χ4n) is 3.63. The van der Waals surface area contributed by atoms with Gasteiger partial charge in [-0.3, -0.25) is 4.79 Å². The summed E-state index contributed by atoms with van der Waals surface area (Å²) in [5.41, 5.74) is 1.20. The van der Waals surface area contributed by atoms with Crippen LogP contribution in [0.3, 0.4) is 0 Å². The summed E-state index contributed by atoms with van der Waals surface area (Å²) in [4.78, 5) is 14.3. The molecule has 5 nitrogen and oxygen atoms in total. The van der Waals surface area contributed by atoms with Gasteiger partial charge in [-0.25, -0.2) is 0 Å². The van der Waals surface area contributed by atoms with Crippen molar-refractivity contribution >= 4 is 5.91 Å². The first kappa shape index (κ1) is 16.7. The van der Waals surface area contributed by atoms with Crippen LogP contribution in [0.1, 0.15) is 44.1 Å². The highest BCUT2D eigenvalue weighted by atomic mass is 16.5. The summed E-state index contributed by atoms with van der Waals surface area (Å²) in [5, 5.41) is 3.64. The molecular formula is C20H28N2O3. The molecule has 0 spiro atoms. The minimum Gasteiger partial charge on any atom is -0.490 e. The number of likely N-dealkylation sites (tertiary alicyclic amines) is 1. The van der Waals surface area contributed by atoms with E-state index >= 15 is 0 Å². The number of hydrogen-bond donors (Lipinski definition) is 1. The lowest BCUT2D eigenvalue weighted by Gasteiger charge is -2.21. The first-order valence-corrected chi connectivity index (χ1v) is 9.67. The van der Waals surface area contributed by atoms with Gasteiger partial charge < -0.3 is 19.7 Å². The Morgan fingerprint density at radius 3 is 2.76 bits per heavy atom. The molecular weight excluding hydrogens is 316 g/mol. The molecule has 0 bridgehead atoms.